The topological polar surface area (TPSA) is 76.9 Å². The number of carbonyl (C=O) groups is 1. The first-order valence-corrected chi connectivity index (χ1v) is 9.07. The molecule has 27 heavy (non-hydrogen) atoms. The van der Waals surface area contributed by atoms with E-state index in [4.69, 9.17) is 0 Å². The van der Waals surface area contributed by atoms with Crippen molar-refractivity contribution in [2.75, 3.05) is 26.2 Å². The van der Waals surface area contributed by atoms with Crippen LogP contribution in [-0.2, 0) is 17.9 Å². The summed E-state index contributed by atoms with van der Waals surface area (Å²) in [5.41, 5.74) is 1.60. The Morgan fingerprint density at radius 3 is 2.74 bits per heavy atom. The van der Waals surface area contributed by atoms with Crippen LogP contribution in [0.25, 0.3) is 0 Å². The lowest BCUT2D eigenvalue weighted by molar-refractivity contribution is -0.143. The van der Waals surface area contributed by atoms with Crippen molar-refractivity contribution in [2.24, 2.45) is 0 Å². The van der Waals surface area contributed by atoms with Crippen molar-refractivity contribution in [2.45, 2.75) is 25.6 Å². The molecule has 1 aromatic heterocycles. The van der Waals surface area contributed by atoms with Crippen molar-refractivity contribution in [1.82, 2.24) is 14.8 Å². The molecule has 2 heterocycles. The Bertz CT molecular complexity index is 772. The lowest BCUT2D eigenvalue weighted by Crippen LogP contribution is -2.37. The summed E-state index contributed by atoms with van der Waals surface area (Å²) in [5, 5.41) is 19.1. The van der Waals surface area contributed by atoms with Gasteiger partial charge in [0.1, 0.15) is 11.9 Å². The maximum atomic E-state index is 13.7. The lowest BCUT2D eigenvalue weighted by Gasteiger charge is -2.28. The average molecular weight is 373 g/mol. The minimum atomic E-state index is -0.969. The van der Waals surface area contributed by atoms with Crippen LogP contribution in [0.1, 0.15) is 29.3 Å². The molecule has 0 amide bonds. The van der Waals surface area contributed by atoms with Crippen molar-refractivity contribution in [3.05, 3.63) is 65.2 Å². The predicted octanol–water partition coefficient (Wildman–Crippen LogP) is 2.05. The Morgan fingerprint density at radius 1 is 1.19 bits per heavy atom. The lowest BCUT2D eigenvalue weighted by atomic mass is 10.0. The van der Waals surface area contributed by atoms with Gasteiger partial charge in [0.2, 0.25) is 0 Å². The van der Waals surface area contributed by atoms with Crippen LogP contribution < -0.4 is 0 Å². The fraction of sp³-hybridized carbons (Fsp3) is 0.400. The zero-order valence-corrected chi connectivity index (χ0v) is 15.1. The molecular weight excluding hydrogens is 349 g/mol. The maximum absolute atomic E-state index is 13.7. The molecule has 1 fully saturated rings. The monoisotopic (exact) mass is 373 g/mol. The largest absolute Gasteiger partial charge is 0.480 e. The van der Waals surface area contributed by atoms with Gasteiger partial charge in [-0.2, -0.15) is 0 Å². The molecule has 0 saturated carbocycles. The third-order valence-electron chi connectivity index (χ3n) is 4.89. The third kappa shape index (κ3) is 4.88. The number of aromatic nitrogens is 1. The normalized spacial score (nSPS) is 17.4. The molecule has 1 aromatic carbocycles. The Labute approximate surface area is 157 Å². The number of aliphatic hydroxyl groups is 1. The predicted molar refractivity (Wildman–Crippen MR) is 98.4 cm³/mol. The molecule has 0 aliphatic carbocycles. The highest BCUT2D eigenvalue weighted by Crippen LogP contribution is 2.25. The number of halogens is 1. The number of aliphatic hydroxyl groups excluding tert-OH is 1. The number of benzene rings is 1. The van der Waals surface area contributed by atoms with Gasteiger partial charge in [0, 0.05) is 37.9 Å². The van der Waals surface area contributed by atoms with Crippen LogP contribution in [0.2, 0.25) is 0 Å². The van der Waals surface area contributed by atoms with Gasteiger partial charge >= 0.3 is 5.97 Å². The van der Waals surface area contributed by atoms with Gasteiger partial charge < -0.3 is 10.2 Å². The molecular formula is C20H24FN3O3. The van der Waals surface area contributed by atoms with E-state index in [1.807, 2.05) is 23.1 Å². The van der Waals surface area contributed by atoms with E-state index in [0.29, 0.717) is 18.7 Å². The van der Waals surface area contributed by atoms with E-state index in [1.54, 1.807) is 6.20 Å². The van der Waals surface area contributed by atoms with Gasteiger partial charge in [0.15, 0.2) is 0 Å². The second-order valence-electron chi connectivity index (χ2n) is 6.74. The molecule has 2 N–H and O–H groups in total. The first-order valence-electron chi connectivity index (χ1n) is 9.07. The van der Waals surface area contributed by atoms with Crippen LogP contribution in [0, 0.1) is 5.82 Å². The van der Waals surface area contributed by atoms with Crippen LogP contribution in [0.5, 0.6) is 0 Å². The molecule has 1 aliphatic rings. The van der Waals surface area contributed by atoms with Crippen molar-refractivity contribution in [3.8, 4) is 0 Å². The van der Waals surface area contributed by atoms with Crippen LogP contribution in [0.15, 0.2) is 42.6 Å². The van der Waals surface area contributed by atoms with E-state index in [-0.39, 0.29) is 5.56 Å². The number of aliphatic carboxylic acids is 1. The van der Waals surface area contributed by atoms with Gasteiger partial charge in [0.25, 0.3) is 0 Å². The summed E-state index contributed by atoms with van der Waals surface area (Å²) in [6.45, 7) is 3.11. The molecule has 1 atom stereocenters. The molecule has 0 spiro atoms. The summed E-state index contributed by atoms with van der Waals surface area (Å²) in [6.07, 6.45) is 2.61. The van der Waals surface area contributed by atoms with E-state index in [9.17, 15) is 19.4 Å². The minimum absolute atomic E-state index is 0.116. The summed E-state index contributed by atoms with van der Waals surface area (Å²) in [7, 11) is 0. The van der Waals surface area contributed by atoms with Crippen LogP contribution in [0.4, 0.5) is 4.39 Å². The van der Waals surface area contributed by atoms with Crippen LogP contribution in [-0.4, -0.2) is 57.1 Å². The number of nitrogens with zero attached hydrogens (tertiary/aromatic N) is 3. The van der Waals surface area contributed by atoms with E-state index in [0.717, 1.165) is 31.7 Å². The first-order chi connectivity index (χ1) is 13.1. The van der Waals surface area contributed by atoms with Crippen molar-refractivity contribution >= 4 is 5.97 Å². The summed E-state index contributed by atoms with van der Waals surface area (Å²) in [4.78, 5) is 20.5. The molecule has 2 aromatic rings. The van der Waals surface area contributed by atoms with E-state index < -0.39 is 24.4 Å². The van der Waals surface area contributed by atoms with Crippen molar-refractivity contribution in [3.63, 3.8) is 0 Å². The second kappa shape index (κ2) is 9.03. The molecule has 144 valence electrons. The second-order valence-corrected chi connectivity index (χ2v) is 6.74. The maximum Gasteiger partial charge on any atom is 0.325 e. The highest BCUT2D eigenvalue weighted by atomic mass is 19.1. The highest BCUT2D eigenvalue weighted by molar-refractivity contribution is 5.75. The molecule has 0 radical (unpaired) electrons. The van der Waals surface area contributed by atoms with Crippen molar-refractivity contribution < 1.29 is 19.4 Å². The molecule has 1 saturated heterocycles. The first kappa shape index (κ1) is 19.4. The smallest absolute Gasteiger partial charge is 0.325 e. The molecule has 6 nitrogen and oxygen atoms in total. The van der Waals surface area contributed by atoms with Crippen molar-refractivity contribution in [1.29, 1.82) is 0 Å². The highest BCUT2D eigenvalue weighted by Gasteiger charge is 2.29. The number of hydrogen-bond acceptors (Lipinski definition) is 5. The van der Waals surface area contributed by atoms with E-state index in [1.165, 1.54) is 18.2 Å². The average Bonchev–Trinajstić information content (AvgIpc) is 2.89. The Balaban J connectivity index is 1.72. The standard InChI is InChI=1S/C20H24FN3O3/c21-18-6-5-15(12-16(18)14-25)19(20(26)27)24-9-3-8-23(10-11-24)13-17-4-1-2-7-22-17/h1-2,4-7,12,19,25H,3,8-11,13-14H2,(H,26,27)/t19-/m0/s1. The molecule has 1 aliphatic heterocycles. The fourth-order valence-electron chi connectivity index (χ4n) is 3.52. The Hall–Kier alpha value is -2.35. The van der Waals surface area contributed by atoms with E-state index in [2.05, 4.69) is 9.88 Å². The fourth-order valence-corrected chi connectivity index (χ4v) is 3.52. The van der Waals surface area contributed by atoms with Gasteiger partial charge in [-0.3, -0.25) is 19.6 Å². The van der Waals surface area contributed by atoms with E-state index >= 15 is 0 Å². The number of rotatable bonds is 6. The number of hydrogen-bond donors (Lipinski definition) is 2. The molecule has 0 bridgehead atoms. The summed E-state index contributed by atoms with van der Waals surface area (Å²) in [5.74, 6) is -1.49. The SMILES string of the molecule is O=C(O)[C@H](c1ccc(F)c(CO)c1)N1CCCN(Cc2ccccn2)CC1. The Morgan fingerprint density at radius 2 is 2.04 bits per heavy atom. The minimum Gasteiger partial charge on any atom is -0.480 e. The number of carboxylic acids is 1. The third-order valence-corrected chi connectivity index (χ3v) is 4.89. The van der Waals surface area contributed by atoms with Gasteiger partial charge in [-0.05, 0) is 42.8 Å². The summed E-state index contributed by atoms with van der Waals surface area (Å²) in [6, 6.07) is 9.13. The van der Waals surface area contributed by atoms with Gasteiger partial charge in [-0.15, -0.1) is 0 Å². The van der Waals surface area contributed by atoms with Gasteiger partial charge in [0.05, 0.1) is 12.3 Å². The quantitative estimate of drug-likeness (QED) is 0.807. The zero-order chi connectivity index (χ0) is 19.2. The summed E-state index contributed by atoms with van der Waals surface area (Å²) >= 11 is 0. The number of pyridine rings is 1. The molecule has 7 heteroatoms. The Kier molecular flexibility index (Phi) is 6.49. The molecule has 3 rings (SSSR count). The van der Waals surface area contributed by atoms with Gasteiger partial charge in [-0.1, -0.05) is 12.1 Å². The number of carboxylic acid groups (broad SMARTS) is 1. The zero-order valence-electron chi connectivity index (χ0n) is 15.1. The van der Waals surface area contributed by atoms with Crippen LogP contribution >= 0.6 is 0 Å². The molecule has 0 unspecified atom stereocenters. The van der Waals surface area contributed by atoms with Crippen LogP contribution in [0.3, 0.4) is 0 Å². The van der Waals surface area contributed by atoms with Gasteiger partial charge in [-0.25, -0.2) is 4.39 Å². The summed E-state index contributed by atoms with van der Waals surface area (Å²) < 4.78 is 13.7.